The average molecular weight is 539 g/mol. The smallest absolute Gasteiger partial charge is 0.251 e. The van der Waals surface area contributed by atoms with Crippen molar-refractivity contribution < 1.29 is 22.8 Å². The van der Waals surface area contributed by atoms with Gasteiger partial charge in [-0.1, -0.05) is 11.6 Å². The Labute approximate surface area is 213 Å². The number of likely N-dealkylation sites (tertiary alicyclic amines) is 2. The van der Waals surface area contributed by atoms with Crippen LogP contribution in [0.2, 0.25) is 5.02 Å². The summed E-state index contributed by atoms with van der Waals surface area (Å²) in [5, 5.41) is 3.28. The number of nitrogens with zero attached hydrogens (tertiary/aromatic N) is 2. The van der Waals surface area contributed by atoms with Crippen molar-refractivity contribution in [2.75, 3.05) is 26.2 Å². The van der Waals surface area contributed by atoms with Crippen LogP contribution in [0.25, 0.3) is 0 Å². The van der Waals surface area contributed by atoms with E-state index < -0.39 is 16.1 Å². The lowest BCUT2D eigenvalue weighted by atomic mass is 10.1. The molecule has 0 spiro atoms. The number of sulfonamides is 1. The van der Waals surface area contributed by atoms with Gasteiger partial charge < -0.3 is 15.1 Å². The Kier molecular flexibility index (Phi) is 8.10. The molecule has 0 aliphatic carbocycles. The van der Waals surface area contributed by atoms with Gasteiger partial charge in [-0.3, -0.25) is 14.4 Å². The highest BCUT2D eigenvalue weighted by Gasteiger charge is 2.34. The van der Waals surface area contributed by atoms with Gasteiger partial charge in [-0.05, 0) is 62.1 Å². The molecule has 1 aromatic carbocycles. The van der Waals surface area contributed by atoms with Crippen LogP contribution in [0, 0.1) is 0 Å². The van der Waals surface area contributed by atoms with E-state index in [1.54, 1.807) is 35.2 Å². The van der Waals surface area contributed by atoms with E-state index in [9.17, 15) is 22.8 Å². The van der Waals surface area contributed by atoms with Crippen LogP contribution in [0.4, 0.5) is 0 Å². The molecule has 2 saturated heterocycles. The molecule has 35 heavy (non-hydrogen) atoms. The molecule has 12 heteroatoms. The summed E-state index contributed by atoms with van der Waals surface area (Å²) in [5.41, 5.74) is 0.448. The molecule has 2 fully saturated rings. The highest BCUT2D eigenvalue weighted by Crippen LogP contribution is 2.23. The Morgan fingerprint density at radius 2 is 1.74 bits per heavy atom. The van der Waals surface area contributed by atoms with Crippen LogP contribution in [0.1, 0.15) is 40.9 Å². The summed E-state index contributed by atoms with van der Waals surface area (Å²) in [4.78, 5) is 41.5. The standard InChI is InChI=1S/C23H27ClN4O5S2/c24-17-7-5-16(6-8-17)22(30)25-14-18-9-10-21(34-18)35(32,33)26-19-4-3-13-28(23(19)31)15-20(29)27-11-1-2-12-27/h5-10,19,26H,1-4,11-15H2,(H,25,30)/t19-/m0/s1. The molecule has 1 aromatic heterocycles. The highest BCUT2D eigenvalue weighted by atomic mass is 35.5. The van der Waals surface area contributed by atoms with Gasteiger partial charge in [0, 0.05) is 35.1 Å². The predicted molar refractivity (Wildman–Crippen MR) is 133 cm³/mol. The van der Waals surface area contributed by atoms with Crippen LogP contribution in [0.5, 0.6) is 0 Å². The number of thiophene rings is 1. The second-order valence-corrected chi connectivity index (χ2v) is 12.1. The molecule has 2 N–H and O–H groups in total. The fourth-order valence-corrected chi connectivity index (χ4v) is 6.81. The number of benzene rings is 1. The van der Waals surface area contributed by atoms with Gasteiger partial charge in [0.15, 0.2) is 0 Å². The second-order valence-electron chi connectivity index (χ2n) is 8.57. The first kappa shape index (κ1) is 25.6. The summed E-state index contributed by atoms with van der Waals surface area (Å²) >= 11 is 6.86. The SMILES string of the molecule is O=C(NCc1ccc(S(=O)(=O)N[C@H]2CCCN(CC(=O)N3CCCC3)C2=O)s1)c1ccc(Cl)cc1. The number of piperidine rings is 1. The van der Waals surface area contributed by atoms with E-state index in [0.29, 0.717) is 47.9 Å². The van der Waals surface area contributed by atoms with Crippen LogP contribution in [0.3, 0.4) is 0 Å². The molecule has 0 unspecified atom stereocenters. The van der Waals surface area contributed by atoms with Gasteiger partial charge in [0.25, 0.3) is 15.9 Å². The Morgan fingerprint density at radius 3 is 2.46 bits per heavy atom. The van der Waals surface area contributed by atoms with E-state index in [1.807, 2.05) is 0 Å². The van der Waals surface area contributed by atoms with E-state index >= 15 is 0 Å². The number of hydrogen-bond acceptors (Lipinski definition) is 6. The maximum absolute atomic E-state index is 12.9. The molecular weight excluding hydrogens is 512 g/mol. The second kappa shape index (κ2) is 11.1. The topological polar surface area (TPSA) is 116 Å². The summed E-state index contributed by atoms with van der Waals surface area (Å²) in [5.74, 6) is -0.767. The van der Waals surface area contributed by atoms with Crippen molar-refractivity contribution in [3.05, 3.63) is 51.9 Å². The normalized spacial score (nSPS) is 18.7. The maximum Gasteiger partial charge on any atom is 0.251 e. The van der Waals surface area contributed by atoms with Crippen molar-refractivity contribution in [2.24, 2.45) is 0 Å². The molecule has 0 bridgehead atoms. The third-order valence-electron chi connectivity index (χ3n) is 6.04. The molecule has 9 nitrogen and oxygen atoms in total. The molecule has 0 saturated carbocycles. The van der Waals surface area contributed by atoms with E-state index in [4.69, 9.17) is 11.6 Å². The molecule has 1 atom stereocenters. The Bertz CT molecular complexity index is 1190. The molecule has 2 aliphatic heterocycles. The minimum atomic E-state index is -3.94. The summed E-state index contributed by atoms with van der Waals surface area (Å²) < 4.78 is 28.5. The molecule has 3 heterocycles. The highest BCUT2D eigenvalue weighted by molar-refractivity contribution is 7.91. The molecule has 0 radical (unpaired) electrons. The van der Waals surface area contributed by atoms with E-state index in [-0.39, 0.29) is 35.0 Å². The summed E-state index contributed by atoms with van der Waals surface area (Å²) in [6.07, 6.45) is 2.92. The molecule has 2 aromatic rings. The number of carbonyl (C=O) groups is 3. The Morgan fingerprint density at radius 1 is 1.03 bits per heavy atom. The summed E-state index contributed by atoms with van der Waals surface area (Å²) in [6, 6.07) is 8.63. The number of halogens is 1. The summed E-state index contributed by atoms with van der Waals surface area (Å²) in [7, 11) is -3.94. The first-order valence-electron chi connectivity index (χ1n) is 11.4. The van der Waals surface area contributed by atoms with E-state index in [2.05, 4.69) is 10.0 Å². The molecule has 4 rings (SSSR count). The van der Waals surface area contributed by atoms with Gasteiger partial charge in [0.2, 0.25) is 11.8 Å². The third kappa shape index (κ3) is 6.40. The van der Waals surface area contributed by atoms with Crippen LogP contribution < -0.4 is 10.0 Å². The molecule has 3 amide bonds. The number of hydrogen-bond donors (Lipinski definition) is 2. The monoisotopic (exact) mass is 538 g/mol. The lowest BCUT2D eigenvalue weighted by Gasteiger charge is -2.33. The quantitative estimate of drug-likeness (QED) is 0.534. The van der Waals surface area contributed by atoms with Gasteiger partial charge in [-0.15, -0.1) is 11.3 Å². The van der Waals surface area contributed by atoms with Crippen LogP contribution in [0.15, 0.2) is 40.6 Å². The zero-order chi connectivity index (χ0) is 25.0. The fourth-order valence-electron chi connectivity index (χ4n) is 4.15. The van der Waals surface area contributed by atoms with E-state index in [1.165, 1.54) is 11.0 Å². The number of carbonyl (C=O) groups excluding carboxylic acids is 3. The van der Waals surface area contributed by atoms with Gasteiger partial charge in [0.1, 0.15) is 10.3 Å². The van der Waals surface area contributed by atoms with Crippen molar-refractivity contribution in [1.29, 1.82) is 0 Å². The first-order valence-corrected chi connectivity index (χ1v) is 14.1. The average Bonchev–Trinajstić information content (AvgIpc) is 3.53. The van der Waals surface area contributed by atoms with Crippen LogP contribution >= 0.6 is 22.9 Å². The van der Waals surface area contributed by atoms with Gasteiger partial charge in [-0.2, -0.15) is 4.72 Å². The van der Waals surface area contributed by atoms with Crippen LogP contribution in [-0.4, -0.2) is 68.2 Å². The molecule has 188 valence electrons. The largest absolute Gasteiger partial charge is 0.347 e. The minimum Gasteiger partial charge on any atom is -0.347 e. The number of rotatable bonds is 8. The van der Waals surface area contributed by atoms with Crippen molar-refractivity contribution in [3.8, 4) is 0 Å². The number of nitrogens with one attached hydrogen (secondary N) is 2. The minimum absolute atomic E-state index is 0.0203. The predicted octanol–water partition coefficient (Wildman–Crippen LogP) is 2.22. The molecular formula is C23H27ClN4O5S2. The lowest BCUT2D eigenvalue weighted by molar-refractivity contribution is -0.142. The lowest BCUT2D eigenvalue weighted by Crippen LogP contribution is -2.54. The Balaban J connectivity index is 1.33. The third-order valence-corrected chi connectivity index (χ3v) is 9.35. The van der Waals surface area contributed by atoms with Crippen molar-refractivity contribution in [3.63, 3.8) is 0 Å². The first-order chi connectivity index (χ1) is 16.7. The molecule has 2 aliphatic rings. The fraction of sp³-hybridized carbons (Fsp3) is 0.435. The van der Waals surface area contributed by atoms with E-state index in [0.717, 1.165) is 24.2 Å². The van der Waals surface area contributed by atoms with Crippen molar-refractivity contribution in [2.45, 2.75) is 42.5 Å². The zero-order valence-electron chi connectivity index (χ0n) is 19.0. The zero-order valence-corrected chi connectivity index (χ0v) is 21.4. The van der Waals surface area contributed by atoms with Crippen LogP contribution in [-0.2, 0) is 26.2 Å². The van der Waals surface area contributed by atoms with Crippen molar-refractivity contribution >= 4 is 50.7 Å². The van der Waals surface area contributed by atoms with Gasteiger partial charge in [-0.25, -0.2) is 8.42 Å². The Hall–Kier alpha value is -2.47. The van der Waals surface area contributed by atoms with Gasteiger partial charge >= 0.3 is 0 Å². The van der Waals surface area contributed by atoms with Crippen molar-refractivity contribution in [1.82, 2.24) is 19.8 Å². The summed E-state index contributed by atoms with van der Waals surface area (Å²) in [6.45, 7) is 1.99. The maximum atomic E-state index is 12.9. The van der Waals surface area contributed by atoms with Gasteiger partial charge in [0.05, 0.1) is 13.1 Å². The number of amides is 3.